The second-order valence-electron chi connectivity index (χ2n) is 8.98. The largest absolute Gasteiger partial charge is 0.341 e. The molecule has 0 bridgehead atoms. The highest BCUT2D eigenvalue weighted by atomic mass is 32.2. The van der Waals surface area contributed by atoms with E-state index in [-0.39, 0.29) is 4.90 Å². The summed E-state index contributed by atoms with van der Waals surface area (Å²) in [5.74, 6) is 2.61. The first-order chi connectivity index (χ1) is 15.9. The molecule has 1 saturated carbocycles. The fraction of sp³-hybridized carbons (Fsp3) is 0.591. The molecule has 2 aliphatic rings. The van der Waals surface area contributed by atoms with Crippen LogP contribution in [0.4, 0.5) is 5.95 Å². The van der Waals surface area contributed by atoms with Gasteiger partial charge in [0, 0.05) is 39.8 Å². The van der Waals surface area contributed by atoms with Gasteiger partial charge in [-0.3, -0.25) is 4.57 Å². The number of hydrogen-bond donors (Lipinski definition) is 0. The van der Waals surface area contributed by atoms with Crippen molar-refractivity contribution in [3.63, 3.8) is 0 Å². The van der Waals surface area contributed by atoms with Crippen LogP contribution >= 0.6 is 11.8 Å². The predicted octanol–water partition coefficient (Wildman–Crippen LogP) is 3.52. The van der Waals surface area contributed by atoms with E-state index in [9.17, 15) is 8.42 Å². The average molecular weight is 490 g/mol. The number of rotatable bonds is 9. The minimum Gasteiger partial charge on any atom is -0.341 e. The molecule has 2 fully saturated rings. The predicted molar refractivity (Wildman–Crippen MR) is 130 cm³/mol. The summed E-state index contributed by atoms with van der Waals surface area (Å²) in [4.78, 5) is 7.47. The van der Waals surface area contributed by atoms with Crippen molar-refractivity contribution in [2.45, 2.75) is 67.4 Å². The third-order valence-electron chi connectivity index (χ3n) is 6.30. The van der Waals surface area contributed by atoms with E-state index >= 15 is 0 Å². The molecule has 0 atom stereocenters. The number of sulfonamides is 1. The molecule has 0 N–H and O–H groups in total. The van der Waals surface area contributed by atoms with Crippen LogP contribution in [-0.2, 0) is 22.3 Å². The van der Waals surface area contributed by atoms with Crippen molar-refractivity contribution < 1.29 is 8.42 Å². The molecule has 11 heteroatoms. The number of hydrogen-bond acceptors (Lipinski definition) is 7. The molecule has 1 aromatic carbocycles. The lowest BCUT2D eigenvalue weighted by Gasteiger charge is -2.18. The molecule has 33 heavy (non-hydrogen) atoms. The topological polar surface area (TPSA) is 89.1 Å². The lowest BCUT2D eigenvalue weighted by atomic mass is 10.3. The molecule has 3 heterocycles. The molecule has 5 rings (SSSR count). The van der Waals surface area contributed by atoms with Crippen molar-refractivity contribution >= 4 is 38.8 Å². The number of thioether (sulfide) groups is 1. The zero-order valence-electron chi connectivity index (χ0n) is 19.4. The average Bonchev–Trinajstić information content (AvgIpc) is 3.20. The van der Waals surface area contributed by atoms with Gasteiger partial charge in [0.05, 0.1) is 21.7 Å². The fourth-order valence-electron chi connectivity index (χ4n) is 4.40. The molecular weight excluding hydrogens is 458 g/mol. The van der Waals surface area contributed by atoms with Gasteiger partial charge in [-0.25, -0.2) is 17.7 Å². The smallest absolute Gasteiger partial charge is 0.242 e. The molecule has 0 unspecified atom stereocenters. The van der Waals surface area contributed by atoms with Crippen LogP contribution < -0.4 is 4.90 Å². The van der Waals surface area contributed by atoms with Crippen molar-refractivity contribution in [2.75, 3.05) is 32.1 Å². The van der Waals surface area contributed by atoms with Crippen LogP contribution in [0.5, 0.6) is 0 Å². The Kier molecular flexibility index (Phi) is 6.13. The van der Waals surface area contributed by atoms with Crippen molar-refractivity contribution in [1.29, 1.82) is 0 Å². The van der Waals surface area contributed by atoms with Crippen LogP contribution in [0.15, 0.2) is 28.3 Å². The Bertz CT molecular complexity index is 1260. The van der Waals surface area contributed by atoms with E-state index in [1.165, 1.54) is 30.0 Å². The molecule has 1 aliphatic carbocycles. The summed E-state index contributed by atoms with van der Waals surface area (Å²) in [5.41, 5.74) is 1.68. The molecule has 1 aliphatic heterocycles. The monoisotopic (exact) mass is 489 g/mol. The van der Waals surface area contributed by atoms with Crippen LogP contribution in [0.3, 0.4) is 0 Å². The Labute approximate surface area is 199 Å². The minimum atomic E-state index is -3.50. The molecule has 0 radical (unpaired) electrons. The lowest BCUT2D eigenvalue weighted by molar-refractivity contribution is 0.521. The van der Waals surface area contributed by atoms with E-state index in [1.807, 2.05) is 6.07 Å². The quantitative estimate of drug-likeness (QED) is 0.425. The number of aryl methyl sites for hydroxylation is 1. The van der Waals surface area contributed by atoms with E-state index < -0.39 is 10.0 Å². The van der Waals surface area contributed by atoms with E-state index in [2.05, 4.69) is 31.2 Å². The van der Waals surface area contributed by atoms with Crippen molar-refractivity contribution in [3.05, 3.63) is 24.0 Å². The summed E-state index contributed by atoms with van der Waals surface area (Å²) in [7, 11) is -0.410. The number of fused-ring (bicyclic) bond motifs is 1. The second kappa shape index (κ2) is 8.92. The van der Waals surface area contributed by atoms with Crippen LogP contribution in [-0.4, -0.2) is 64.2 Å². The fourth-order valence-corrected chi connectivity index (χ4v) is 6.27. The summed E-state index contributed by atoms with van der Waals surface area (Å²) in [6.07, 6.45) is 5.77. The third kappa shape index (κ3) is 4.26. The van der Waals surface area contributed by atoms with E-state index in [0.29, 0.717) is 17.3 Å². The molecule has 1 saturated heterocycles. The number of imidazole rings is 1. The minimum absolute atomic E-state index is 0.268. The first-order valence-corrected chi connectivity index (χ1v) is 14.1. The van der Waals surface area contributed by atoms with Gasteiger partial charge in [-0.05, 0) is 50.3 Å². The number of benzene rings is 1. The maximum absolute atomic E-state index is 12.6. The van der Waals surface area contributed by atoms with Gasteiger partial charge < -0.3 is 9.47 Å². The highest BCUT2D eigenvalue weighted by Crippen LogP contribution is 2.42. The Hall–Kier alpha value is -2.11. The van der Waals surface area contributed by atoms with Crippen molar-refractivity contribution in [1.82, 2.24) is 28.6 Å². The van der Waals surface area contributed by atoms with Gasteiger partial charge in [0.15, 0.2) is 5.16 Å². The maximum Gasteiger partial charge on any atom is 0.242 e. The van der Waals surface area contributed by atoms with Gasteiger partial charge in [0.25, 0.3) is 0 Å². The van der Waals surface area contributed by atoms with E-state index in [0.717, 1.165) is 48.5 Å². The molecule has 3 aromatic rings. The Morgan fingerprint density at radius 3 is 2.58 bits per heavy atom. The summed E-state index contributed by atoms with van der Waals surface area (Å²) < 4.78 is 30.9. The van der Waals surface area contributed by atoms with Gasteiger partial charge in [-0.1, -0.05) is 18.7 Å². The summed E-state index contributed by atoms with van der Waals surface area (Å²) >= 11 is 1.67. The third-order valence-corrected chi connectivity index (χ3v) is 9.05. The first-order valence-electron chi connectivity index (χ1n) is 11.6. The van der Waals surface area contributed by atoms with Gasteiger partial charge >= 0.3 is 0 Å². The van der Waals surface area contributed by atoms with E-state index in [4.69, 9.17) is 4.98 Å². The molecule has 2 aromatic heterocycles. The number of anilines is 1. The molecule has 0 spiro atoms. The van der Waals surface area contributed by atoms with Crippen LogP contribution in [0, 0.1) is 0 Å². The zero-order chi connectivity index (χ0) is 23.2. The van der Waals surface area contributed by atoms with Gasteiger partial charge in [-0.2, -0.15) is 0 Å². The highest BCUT2D eigenvalue weighted by Gasteiger charge is 2.32. The van der Waals surface area contributed by atoms with Gasteiger partial charge in [0.1, 0.15) is 5.82 Å². The van der Waals surface area contributed by atoms with Crippen LogP contribution in [0.25, 0.3) is 11.0 Å². The first kappa shape index (κ1) is 22.7. The summed E-state index contributed by atoms with van der Waals surface area (Å²) in [5, 5.41) is 10.0. The summed E-state index contributed by atoms with van der Waals surface area (Å²) in [6, 6.07) is 5.74. The van der Waals surface area contributed by atoms with Gasteiger partial charge in [-0.15, -0.1) is 10.2 Å². The SMILES string of the molecule is CCCn1c(CSc2nnc(N3CCCC3)n2C2CC2)nc2cc(S(=O)(=O)N(C)C)ccc21. The Morgan fingerprint density at radius 1 is 1.15 bits per heavy atom. The lowest BCUT2D eigenvalue weighted by Crippen LogP contribution is -2.22. The zero-order valence-corrected chi connectivity index (χ0v) is 21.1. The second-order valence-corrected chi connectivity index (χ2v) is 12.1. The van der Waals surface area contributed by atoms with Crippen molar-refractivity contribution in [3.8, 4) is 0 Å². The Morgan fingerprint density at radius 2 is 1.91 bits per heavy atom. The standard InChI is InChI=1S/C22H31N7O2S2/c1-4-11-28-19-10-9-17(33(30,31)26(2)3)14-18(19)23-20(28)15-32-22-25-24-21(27-12-5-6-13-27)29(22)16-7-8-16/h9-10,14,16H,4-8,11-13,15H2,1-3H3. The molecule has 0 amide bonds. The van der Waals surface area contributed by atoms with E-state index in [1.54, 1.807) is 38.0 Å². The van der Waals surface area contributed by atoms with Crippen LogP contribution in [0.2, 0.25) is 0 Å². The number of nitrogens with zero attached hydrogens (tertiary/aromatic N) is 7. The highest BCUT2D eigenvalue weighted by molar-refractivity contribution is 7.98. The van der Waals surface area contributed by atoms with Crippen LogP contribution in [0.1, 0.15) is 50.9 Å². The maximum atomic E-state index is 12.6. The molecular formula is C22H31N7O2S2. The number of aromatic nitrogens is 5. The molecule has 178 valence electrons. The van der Waals surface area contributed by atoms with Crippen molar-refractivity contribution in [2.24, 2.45) is 0 Å². The van der Waals surface area contributed by atoms with Gasteiger partial charge in [0.2, 0.25) is 16.0 Å². The molecule has 9 nitrogen and oxygen atoms in total. The Balaban J connectivity index is 1.45. The summed E-state index contributed by atoms with van der Waals surface area (Å²) in [6.45, 7) is 5.08. The normalized spacial score (nSPS) is 17.0.